The molecule has 0 bridgehead atoms. The van der Waals surface area contributed by atoms with Crippen molar-refractivity contribution in [3.63, 3.8) is 0 Å². The SMILES string of the molecule is Cc1cnn(CCNC(=O)CCCN)c1. The van der Waals surface area contributed by atoms with Crippen LogP contribution in [0.5, 0.6) is 0 Å². The normalized spacial score (nSPS) is 10.3. The Hall–Kier alpha value is -1.36. The maximum absolute atomic E-state index is 11.2. The Balaban J connectivity index is 2.13. The Labute approximate surface area is 89.6 Å². The van der Waals surface area contributed by atoms with Crippen LogP contribution < -0.4 is 11.1 Å². The van der Waals surface area contributed by atoms with Crippen molar-refractivity contribution < 1.29 is 4.79 Å². The second kappa shape index (κ2) is 6.19. The predicted octanol–water partition coefficient (Wildman–Crippen LogP) is 0.0466. The maximum atomic E-state index is 11.2. The van der Waals surface area contributed by atoms with Gasteiger partial charge in [0.15, 0.2) is 0 Å². The van der Waals surface area contributed by atoms with Crippen molar-refractivity contribution in [3.05, 3.63) is 18.0 Å². The van der Waals surface area contributed by atoms with Gasteiger partial charge in [0, 0.05) is 19.2 Å². The molecule has 0 aliphatic heterocycles. The van der Waals surface area contributed by atoms with Crippen LogP contribution >= 0.6 is 0 Å². The van der Waals surface area contributed by atoms with Crippen LogP contribution in [-0.2, 0) is 11.3 Å². The number of rotatable bonds is 6. The zero-order valence-corrected chi connectivity index (χ0v) is 9.07. The summed E-state index contributed by atoms with van der Waals surface area (Å²) in [5.74, 6) is 0.0596. The van der Waals surface area contributed by atoms with E-state index in [-0.39, 0.29) is 5.91 Å². The number of amides is 1. The van der Waals surface area contributed by atoms with Gasteiger partial charge < -0.3 is 11.1 Å². The van der Waals surface area contributed by atoms with Gasteiger partial charge in [-0.3, -0.25) is 9.48 Å². The van der Waals surface area contributed by atoms with Gasteiger partial charge in [0.25, 0.3) is 0 Å². The minimum absolute atomic E-state index is 0.0596. The minimum Gasteiger partial charge on any atom is -0.354 e. The third-order valence-electron chi connectivity index (χ3n) is 2.03. The molecule has 0 saturated carbocycles. The fourth-order valence-electron chi connectivity index (χ4n) is 1.25. The van der Waals surface area contributed by atoms with E-state index in [0.29, 0.717) is 26.1 Å². The second-order valence-corrected chi connectivity index (χ2v) is 3.52. The molecule has 0 fully saturated rings. The summed E-state index contributed by atoms with van der Waals surface area (Å²) in [5.41, 5.74) is 6.43. The Morgan fingerprint density at radius 3 is 3.07 bits per heavy atom. The third kappa shape index (κ3) is 4.60. The largest absolute Gasteiger partial charge is 0.354 e. The molecule has 5 nitrogen and oxygen atoms in total. The molecule has 1 aromatic heterocycles. The highest BCUT2D eigenvalue weighted by Crippen LogP contribution is 1.93. The van der Waals surface area contributed by atoms with Crippen LogP contribution in [0.25, 0.3) is 0 Å². The van der Waals surface area contributed by atoms with E-state index in [1.165, 1.54) is 0 Å². The second-order valence-electron chi connectivity index (χ2n) is 3.52. The molecule has 0 radical (unpaired) electrons. The van der Waals surface area contributed by atoms with Gasteiger partial charge in [-0.05, 0) is 25.5 Å². The molecule has 1 heterocycles. The lowest BCUT2D eigenvalue weighted by atomic mass is 10.3. The Bertz CT molecular complexity index is 308. The minimum atomic E-state index is 0.0596. The third-order valence-corrected chi connectivity index (χ3v) is 2.03. The van der Waals surface area contributed by atoms with Crippen LogP contribution in [0.3, 0.4) is 0 Å². The number of carbonyl (C=O) groups excluding carboxylic acids is 1. The quantitative estimate of drug-likeness (QED) is 0.696. The molecule has 15 heavy (non-hydrogen) atoms. The summed E-state index contributed by atoms with van der Waals surface area (Å²) >= 11 is 0. The van der Waals surface area contributed by atoms with E-state index >= 15 is 0 Å². The fourth-order valence-corrected chi connectivity index (χ4v) is 1.25. The van der Waals surface area contributed by atoms with Gasteiger partial charge in [-0.15, -0.1) is 0 Å². The molecule has 0 spiro atoms. The molecule has 0 atom stereocenters. The van der Waals surface area contributed by atoms with Gasteiger partial charge in [-0.2, -0.15) is 5.10 Å². The van der Waals surface area contributed by atoms with Crippen molar-refractivity contribution in [1.29, 1.82) is 0 Å². The van der Waals surface area contributed by atoms with E-state index in [1.807, 2.05) is 17.8 Å². The highest BCUT2D eigenvalue weighted by atomic mass is 16.1. The monoisotopic (exact) mass is 210 g/mol. The Morgan fingerprint density at radius 1 is 1.67 bits per heavy atom. The standard InChI is InChI=1S/C10H18N4O/c1-9-7-13-14(8-9)6-5-12-10(15)3-2-4-11/h7-8H,2-6,11H2,1H3,(H,12,15). The van der Waals surface area contributed by atoms with Crippen LogP contribution in [0.2, 0.25) is 0 Å². The molecule has 84 valence electrons. The van der Waals surface area contributed by atoms with Gasteiger partial charge in [0.1, 0.15) is 0 Å². The van der Waals surface area contributed by atoms with E-state index in [4.69, 9.17) is 5.73 Å². The first kappa shape index (κ1) is 11.7. The van der Waals surface area contributed by atoms with E-state index in [0.717, 1.165) is 12.0 Å². The summed E-state index contributed by atoms with van der Waals surface area (Å²) in [6.07, 6.45) is 5.00. The number of nitrogens with one attached hydrogen (secondary N) is 1. The average Bonchev–Trinajstić information content (AvgIpc) is 2.61. The van der Waals surface area contributed by atoms with Crippen molar-refractivity contribution in [1.82, 2.24) is 15.1 Å². The molecule has 1 aromatic rings. The van der Waals surface area contributed by atoms with E-state index in [1.54, 1.807) is 6.20 Å². The molecule has 5 heteroatoms. The summed E-state index contributed by atoms with van der Waals surface area (Å²) in [6.45, 7) is 3.88. The molecule has 1 rings (SSSR count). The van der Waals surface area contributed by atoms with Crippen molar-refractivity contribution in [2.45, 2.75) is 26.3 Å². The zero-order valence-electron chi connectivity index (χ0n) is 9.07. The lowest BCUT2D eigenvalue weighted by Gasteiger charge is -2.04. The number of hydrogen-bond donors (Lipinski definition) is 2. The maximum Gasteiger partial charge on any atom is 0.220 e. The van der Waals surface area contributed by atoms with Crippen LogP contribution in [0.1, 0.15) is 18.4 Å². The molecule has 0 aliphatic rings. The predicted molar refractivity (Wildman–Crippen MR) is 58.3 cm³/mol. The lowest BCUT2D eigenvalue weighted by Crippen LogP contribution is -2.27. The number of nitrogens with two attached hydrogens (primary N) is 1. The topological polar surface area (TPSA) is 72.9 Å². The number of hydrogen-bond acceptors (Lipinski definition) is 3. The Kier molecular flexibility index (Phi) is 4.83. The number of aromatic nitrogens is 2. The average molecular weight is 210 g/mol. The van der Waals surface area contributed by atoms with Crippen LogP contribution in [0, 0.1) is 6.92 Å². The van der Waals surface area contributed by atoms with E-state index in [9.17, 15) is 4.79 Å². The zero-order chi connectivity index (χ0) is 11.1. The highest BCUT2D eigenvalue weighted by Gasteiger charge is 1.99. The highest BCUT2D eigenvalue weighted by molar-refractivity contribution is 5.75. The first-order valence-electron chi connectivity index (χ1n) is 5.18. The Morgan fingerprint density at radius 2 is 2.47 bits per heavy atom. The number of aryl methyl sites for hydroxylation is 1. The molecule has 0 unspecified atom stereocenters. The summed E-state index contributed by atoms with van der Waals surface area (Å²) in [4.78, 5) is 11.2. The van der Waals surface area contributed by atoms with Gasteiger partial charge in [-0.1, -0.05) is 0 Å². The summed E-state index contributed by atoms with van der Waals surface area (Å²) in [7, 11) is 0. The first-order chi connectivity index (χ1) is 7.22. The summed E-state index contributed by atoms with van der Waals surface area (Å²) in [6, 6.07) is 0. The van der Waals surface area contributed by atoms with Gasteiger partial charge in [0.05, 0.1) is 12.7 Å². The van der Waals surface area contributed by atoms with Crippen LogP contribution in [0.4, 0.5) is 0 Å². The molecule has 1 amide bonds. The summed E-state index contributed by atoms with van der Waals surface area (Å²) in [5, 5.41) is 6.94. The molecular weight excluding hydrogens is 192 g/mol. The smallest absolute Gasteiger partial charge is 0.220 e. The van der Waals surface area contributed by atoms with Gasteiger partial charge >= 0.3 is 0 Å². The van der Waals surface area contributed by atoms with E-state index < -0.39 is 0 Å². The van der Waals surface area contributed by atoms with Crippen LogP contribution in [0.15, 0.2) is 12.4 Å². The molecule has 0 aliphatic carbocycles. The van der Waals surface area contributed by atoms with Gasteiger partial charge in [-0.25, -0.2) is 0 Å². The van der Waals surface area contributed by atoms with E-state index in [2.05, 4.69) is 10.4 Å². The van der Waals surface area contributed by atoms with Crippen molar-refractivity contribution in [3.8, 4) is 0 Å². The fraction of sp³-hybridized carbons (Fsp3) is 0.600. The molecule has 0 aromatic carbocycles. The number of nitrogens with zero attached hydrogens (tertiary/aromatic N) is 2. The molecular formula is C10H18N4O. The van der Waals surface area contributed by atoms with Crippen molar-refractivity contribution in [2.24, 2.45) is 5.73 Å². The van der Waals surface area contributed by atoms with Gasteiger partial charge in [0.2, 0.25) is 5.91 Å². The van der Waals surface area contributed by atoms with Crippen LogP contribution in [-0.4, -0.2) is 28.8 Å². The first-order valence-corrected chi connectivity index (χ1v) is 5.18. The van der Waals surface area contributed by atoms with Crippen molar-refractivity contribution >= 4 is 5.91 Å². The molecule has 0 saturated heterocycles. The summed E-state index contributed by atoms with van der Waals surface area (Å²) < 4.78 is 1.82. The molecule has 3 N–H and O–H groups in total. The lowest BCUT2D eigenvalue weighted by molar-refractivity contribution is -0.121. The number of carbonyl (C=O) groups is 1. The van der Waals surface area contributed by atoms with Crippen molar-refractivity contribution in [2.75, 3.05) is 13.1 Å².